The molecule has 5 heteroatoms. The summed E-state index contributed by atoms with van der Waals surface area (Å²) in [7, 11) is 3.70. The summed E-state index contributed by atoms with van der Waals surface area (Å²) in [5.41, 5.74) is 0. The number of nitrogens with zero attached hydrogens (tertiary/aromatic N) is 1. The molecule has 0 spiro atoms. The maximum atomic E-state index is 8.53. The van der Waals surface area contributed by atoms with Gasteiger partial charge in [0.25, 0.3) is 0 Å². The second-order valence-corrected chi connectivity index (χ2v) is 3.40. The normalized spacial score (nSPS) is 10.1. The van der Waals surface area contributed by atoms with E-state index >= 15 is 0 Å². The Morgan fingerprint density at radius 2 is 1.80 bits per heavy atom. The van der Waals surface area contributed by atoms with Crippen LogP contribution < -0.4 is 9.39 Å². The maximum Gasteiger partial charge on any atom is 0.504 e. The van der Waals surface area contributed by atoms with Gasteiger partial charge in [0.1, 0.15) is 18.1 Å². The van der Waals surface area contributed by atoms with Crippen LogP contribution >= 0.6 is 0 Å². The van der Waals surface area contributed by atoms with Crippen LogP contribution in [0, 0.1) is 0 Å². The van der Waals surface area contributed by atoms with Crippen molar-refractivity contribution >= 4 is 7.69 Å². The van der Waals surface area contributed by atoms with E-state index < -0.39 is 0 Å². The van der Waals surface area contributed by atoms with Crippen molar-refractivity contribution in [3.63, 3.8) is 0 Å². The van der Waals surface area contributed by atoms with Gasteiger partial charge in [-0.3, -0.25) is 0 Å². The SMILES string of the molecule is CN(C)CCOc1ccc(OBO)cc1. The first-order valence-electron chi connectivity index (χ1n) is 4.83. The molecule has 0 heterocycles. The number of ether oxygens (including phenoxy) is 1. The Morgan fingerprint density at radius 3 is 2.33 bits per heavy atom. The number of likely N-dealkylation sites (N-methyl/N-ethyl adjacent to an activating group) is 1. The molecule has 0 aliphatic carbocycles. The summed E-state index contributed by atoms with van der Waals surface area (Å²) >= 11 is 0. The molecule has 0 saturated carbocycles. The quantitative estimate of drug-likeness (QED) is 0.682. The van der Waals surface area contributed by atoms with E-state index in [1.165, 1.54) is 0 Å². The zero-order chi connectivity index (χ0) is 11.1. The van der Waals surface area contributed by atoms with Gasteiger partial charge >= 0.3 is 7.69 Å². The Morgan fingerprint density at radius 1 is 1.20 bits per heavy atom. The van der Waals surface area contributed by atoms with Gasteiger partial charge in [-0.05, 0) is 38.4 Å². The molecule has 0 radical (unpaired) electrons. The molecule has 0 bridgehead atoms. The lowest BCUT2D eigenvalue weighted by Gasteiger charge is -2.11. The van der Waals surface area contributed by atoms with Crippen molar-refractivity contribution in [3.05, 3.63) is 24.3 Å². The second kappa shape index (κ2) is 6.32. The van der Waals surface area contributed by atoms with Gasteiger partial charge in [-0.25, -0.2) is 0 Å². The molecule has 0 aromatic heterocycles. The van der Waals surface area contributed by atoms with E-state index in [1.807, 2.05) is 26.2 Å². The molecule has 15 heavy (non-hydrogen) atoms. The third kappa shape index (κ3) is 4.72. The van der Waals surface area contributed by atoms with E-state index in [0.29, 0.717) is 12.4 Å². The Bertz CT molecular complexity index is 277. The highest BCUT2D eigenvalue weighted by Crippen LogP contribution is 2.16. The van der Waals surface area contributed by atoms with Gasteiger partial charge in [0.2, 0.25) is 0 Å². The van der Waals surface area contributed by atoms with Crippen LogP contribution in [0.4, 0.5) is 0 Å². The first kappa shape index (κ1) is 11.9. The first-order chi connectivity index (χ1) is 7.22. The van der Waals surface area contributed by atoms with Crippen molar-refractivity contribution in [1.29, 1.82) is 0 Å². The molecule has 82 valence electrons. The molecular weight excluding hydrogens is 193 g/mol. The molecule has 0 amide bonds. The Balaban J connectivity index is 2.36. The molecule has 0 atom stereocenters. The van der Waals surface area contributed by atoms with Crippen molar-refractivity contribution in [1.82, 2.24) is 4.90 Å². The van der Waals surface area contributed by atoms with E-state index in [9.17, 15) is 0 Å². The summed E-state index contributed by atoms with van der Waals surface area (Å²) in [6.07, 6.45) is 0. The van der Waals surface area contributed by atoms with Crippen LogP contribution in [0.15, 0.2) is 24.3 Å². The number of hydrogen-bond donors (Lipinski definition) is 1. The summed E-state index contributed by atoms with van der Waals surface area (Å²) in [6, 6.07) is 7.17. The summed E-state index contributed by atoms with van der Waals surface area (Å²) in [4.78, 5) is 2.06. The Labute approximate surface area is 90.7 Å². The highest BCUT2D eigenvalue weighted by Gasteiger charge is 1.96. The van der Waals surface area contributed by atoms with Crippen molar-refractivity contribution in [2.24, 2.45) is 0 Å². The molecule has 0 aliphatic heterocycles. The molecule has 0 fully saturated rings. The van der Waals surface area contributed by atoms with E-state index in [0.717, 1.165) is 12.3 Å². The summed E-state index contributed by atoms with van der Waals surface area (Å²) in [5, 5.41) is 8.53. The number of hydrogen-bond acceptors (Lipinski definition) is 4. The monoisotopic (exact) mass is 209 g/mol. The average molecular weight is 209 g/mol. The van der Waals surface area contributed by atoms with Crippen molar-refractivity contribution in [2.45, 2.75) is 0 Å². The van der Waals surface area contributed by atoms with Crippen LogP contribution in [0.3, 0.4) is 0 Å². The molecule has 1 aromatic rings. The predicted octanol–water partition coefficient (Wildman–Crippen LogP) is 0.265. The van der Waals surface area contributed by atoms with E-state index in [2.05, 4.69) is 4.90 Å². The van der Waals surface area contributed by atoms with Gasteiger partial charge in [-0.2, -0.15) is 0 Å². The van der Waals surface area contributed by atoms with Gasteiger partial charge in [-0.1, -0.05) is 0 Å². The summed E-state index contributed by atoms with van der Waals surface area (Å²) < 4.78 is 10.4. The lowest BCUT2D eigenvalue weighted by Crippen LogP contribution is -2.19. The first-order valence-corrected chi connectivity index (χ1v) is 4.83. The van der Waals surface area contributed by atoms with Crippen LogP contribution in [0.5, 0.6) is 11.5 Å². The van der Waals surface area contributed by atoms with Crippen LogP contribution in [-0.4, -0.2) is 44.9 Å². The minimum absolute atomic E-state index is 0.305. The topological polar surface area (TPSA) is 41.9 Å². The average Bonchev–Trinajstić information content (AvgIpc) is 2.20. The smallest absolute Gasteiger partial charge is 0.504 e. The third-order valence-electron chi connectivity index (χ3n) is 1.86. The standard InChI is InChI=1S/C10H16BNO3/c1-12(2)7-8-14-9-3-5-10(6-4-9)15-11-13/h3-6,11,13H,7-8H2,1-2H3. The zero-order valence-corrected chi connectivity index (χ0v) is 9.14. The number of benzene rings is 1. The molecule has 1 N–H and O–H groups in total. The van der Waals surface area contributed by atoms with Crippen molar-refractivity contribution < 1.29 is 14.4 Å². The van der Waals surface area contributed by atoms with E-state index in [1.54, 1.807) is 12.1 Å². The molecule has 0 unspecified atom stereocenters. The van der Waals surface area contributed by atoms with Crippen LogP contribution in [0.25, 0.3) is 0 Å². The van der Waals surface area contributed by atoms with E-state index in [4.69, 9.17) is 14.4 Å². The highest BCUT2D eigenvalue weighted by atomic mass is 16.5. The van der Waals surface area contributed by atoms with Gasteiger partial charge in [0.15, 0.2) is 0 Å². The van der Waals surface area contributed by atoms with Gasteiger partial charge in [0, 0.05) is 6.54 Å². The Hall–Kier alpha value is -1.20. The summed E-state index contributed by atoms with van der Waals surface area (Å²) in [6.45, 7) is 1.54. The third-order valence-corrected chi connectivity index (χ3v) is 1.86. The van der Waals surface area contributed by atoms with Crippen molar-refractivity contribution in [3.8, 4) is 11.5 Å². The van der Waals surface area contributed by atoms with Gasteiger partial charge in [0.05, 0.1) is 0 Å². The second-order valence-electron chi connectivity index (χ2n) is 3.40. The van der Waals surface area contributed by atoms with E-state index in [-0.39, 0.29) is 7.69 Å². The van der Waals surface area contributed by atoms with Gasteiger partial charge < -0.3 is 19.3 Å². The maximum absolute atomic E-state index is 8.53. The minimum atomic E-state index is -0.305. The fraction of sp³-hybridized carbons (Fsp3) is 0.400. The molecule has 0 saturated heterocycles. The largest absolute Gasteiger partial charge is 0.539 e. The van der Waals surface area contributed by atoms with Crippen LogP contribution in [0.2, 0.25) is 0 Å². The van der Waals surface area contributed by atoms with Crippen LogP contribution in [-0.2, 0) is 0 Å². The molecule has 0 aliphatic rings. The van der Waals surface area contributed by atoms with Gasteiger partial charge in [-0.15, -0.1) is 0 Å². The highest BCUT2D eigenvalue weighted by molar-refractivity contribution is 6.17. The lowest BCUT2D eigenvalue weighted by molar-refractivity contribution is 0.261. The predicted molar refractivity (Wildman–Crippen MR) is 60.5 cm³/mol. The summed E-state index contributed by atoms with van der Waals surface area (Å²) in [5.74, 6) is 1.44. The van der Waals surface area contributed by atoms with Crippen molar-refractivity contribution in [2.75, 3.05) is 27.2 Å². The lowest BCUT2D eigenvalue weighted by atomic mass is 10.3. The molecule has 1 aromatic carbocycles. The zero-order valence-electron chi connectivity index (χ0n) is 9.14. The molecule has 1 rings (SSSR count). The Kier molecular flexibility index (Phi) is 5.00. The number of rotatable bonds is 6. The molecule has 4 nitrogen and oxygen atoms in total. The fourth-order valence-corrected chi connectivity index (χ4v) is 1.05. The minimum Gasteiger partial charge on any atom is -0.539 e. The fourth-order valence-electron chi connectivity index (χ4n) is 1.05. The van der Waals surface area contributed by atoms with Crippen LogP contribution in [0.1, 0.15) is 0 Å². The molecular formula is C10H16BNO3.